The van der Waals surface area contributed by atoms with E-state index in [4.69, 9.17) is 11.6 Å². The highest BCUT2D eigenvalue weighted by Crippen LogP contribution is 2.09. The summed E-state index contributed by atoms with van der Waals surface area (Å²) in [6, 6.07) is 1.96. The molecule has 0 saturated heterocycles. The number of hydrogen-bond acceptors (Lipinski definition) is 3. The van der Waals surface area contributed by atoms with Crippen LogP contribution in [0, 0.1) is 5.82 Å². The number of carbonyl (C=O) groups excluding carboxylic acids is 1. The monoisotopic (exact) mass is 189 g/mol. The van der Waals surface area contributed by atoms with Crippen molar-refractivity contribution < 1.29 is 13.9 Å². The largest absolute Gasteiger partial charge is 0.464 e. The molecule has 0 amide bonds. The molecular formula is C7H5ClFNO2. The second kappa shape index (κ2) is 3.49. The summed E-state index contributed by atoms with van der Waals surface area (Å²) in [5.74, 6) is -1.33. The van der Waals surface area contributed by atoms with Crippen LogP contribution in [0.1, 0.15) is 10.5 Å². The zero-order chi connectivity index (χ0) is 9.14. The highest BCUT2D eigenvalue weighted by Gasteiger charge is 2.09. The van der Waals surface area contributed by atoms with Gasteiger partial charge >= 0.3 is 5.97 Å². The van der Waals surface area contributed by atoms with Gasteiger partial charge in [0.15, 0.2) is 5.69 Å². The quantitative estimate of drug-likeness (QED) is 0.498. The third kappa shape index (κ3) is 1.92. The molecule has 1 aromatic rings. The second-order valence-electron chi connectivity index (χ2n) is 1.98. The van der Waals surface area contributed by atoms with Gasteiger partial charge in [-0.3, -0.25) is 0 Å². The molecule has 0 aliphatic heterocycles. The van der Waals surface area contributed by atoms with Gasteiger partial charge in [-0.1, -0.05) is 11.6 Å². The number of carbonyl (C=O) groups is 1. The molecule has 0 aromatic carbocycles. The van der Waals surface area contributed by atoms with E-state index in [1.165, 1.54) is 7.11 Å². The fourth-order valence-corrected chi connectivity index (χ4v) is 0.870. The Hall–Kier alpha value is -1.16. The van der Waals surface area contributed by atoms with Crippen LogP contribution in [-0.2, 0) is 4.74 Å². The Labute approximate surface area is 73.1 Å². The van der Waals surface area contributed by atoms with Crippen molar-refractivity contribution in [1.29, 1.82) is 0 Å². The van der Waals surface area contributed by atoms with Crippen LogP contribution in [0.4, 0.5) is 4.39 Å². The van der Waals surface area contributed by atoms with E-state index >= 15 is 0 Å². The summed E-state index contributed by atoms with van der Waals surface area (Å²) in [5, 5.41) is -0.0737. The number of rotatable bonds is 1. The van der Waals surface area contributed by atoms with E-state index in [9.17, 15) is 9.18 Å². The predicted octanol–water partition coefficient (Wildman–Crippen LogP) is 1.66. The fraction of sp³-hybridized carbons (Fsp3) is 0.143. The van der Waals surface area contributed by atoms with Gasteiger partial charge in [0, 0.05) is 12.1 Å². The molecule has 64 valence electrons. The number of hydrogen-bond donors (Lipinski definition) is 0. The Morgan fingerprint density at radius 1 is 1.67 bits per heavy atom. The summed E-state index contributed by atoms with van der Waals surface area (Å²) in [4.78, 5) is 14.4. The van der Waals surface area contributed by atoms with Crippen LogP contribution < -0.4 is 0 Å². The number of halogens is 2. The van der Waals surface area contributed by atoms with E-state index in [2.05, 4.69) is 9.72 Å². The maximum absolute atomic E-state index is 12.6. The number of nitrogens with zero attached hydrogens (tertiary/aromatic N) is 1. The summed E-state index contributed by atoms with van der Waals surface area (Å²) >= 11 is 5.39. The molecule has 3 nitrogen and oxygen atoms in total. The molecule has 1 aromatic heterocycles. The molecule has 0 spiro atoms. The summed E-state index contributed by atoms with van der Waals surface area (Å²) < 4.78 is 16.9. The Bertz CT molecular complexity index is 296. The number of methoxy groups -OCH3 is 1. The molecule has 0 atom stereocenters. The lowest BCUT2D eigenvalue weighted by molar-refractivity contribution is 0.0593. The van der Waals surface area contributed by atoms with E-state index in [-0.39, 0.29) is 10.8 Å². The first-order chi connectivity index (χ1) is 5.63. The maximum Gasteiger partial charge on any atom is 0.356 e. The van der Waals surface area contributed by atoms with Crippen LogP contribution in [0.25, 0.3) is 0 Å². The number of esters is 1. The zero-order valence-corrected chi connectivity index (χ0v) is 6.93. The molecule has 0 fully saturated rings. The van der Waals surface area contributed by atoms with Crippen LogP contribution in [-0.4, -0.2) is 18.1 Å². The molecule has 0 aliphatic rings. The van der Waals surface area contributed by atoms with Gasteiger partial charge in [0.25, 0.3) is 0 Å². The Kier molecular flexibility index (Phi) is 2.60. The molecule has 0 saturated carbocycles. The average Bonchev–Trinajstić information content (AvgIpc) is 2.01. The zero-order valence-electron chi connectivity index (χ0n) is 6.17. The van der Waals surface area contributed by atoms with Gasteiger partial charge in [0.1, 0.15) is 11.0 Å². The highest BCUT2D eigenvalue weighted by atomic mass is 35.5. The van der Waals surface area contributed by atoms with E-state index < -0.39 is 11.8 Å². The lowest BCUT2D eigenvalue weighted by atomic mass is 10.3. The standard InChI is InChI=1S/C7H5ClFNO2/c1-12-7(11)5-2-4(9)3-6(8)10-5/h2-3H,1H3. The molecule has 0 radical (unpaired) electrons. The molecule has 5 heteroatoms. The van der Waals surface area contributed by atoms with Crippen molar-refractivity contribution >= 4 is 17.6 Å². The summed E-state index contributed by atoms with van der Waals surface area (Å²) in [6.07, 6.45) is 0. The average molecular weight is 190 g/mol. The van der Waals surface area contributed by atoms with Crippen molar-refractivity contribution in [2.45, 2.75) is 0 Å². The minimum Gasteiger partial charge on any atom is -0.464 e. The molecular weight excluding hydrogens is 185 g/mol. The fourth-order valence-electron chi connectivity index (χ4n) is 0.675. The molecule has 0 unspecified atom stereocenters. The number of aromatic nitrogens is 1. The van der Waals surface area contributed by atoms with E-state index in [0.29, 0.717) is 0 Å². The highest BCUT2D eigenvalue weighted by molar-refractivity contribution is 6.29. The molecule has 1 rings (SSSR count). The number of ether oxygens (including phenoxy) is 1. The summed E-state index contributed by atoms with van der Waals surface area (Å²) in [5.41, 5.74) is -0.137. The summed E-state index contributed by atoms with van der Waals surface area (Å²) in [6.45, 7) is 0. The van der Waals surface area contributed by atoms with Gasteiger partial charge in [0.2, 0.25) is 0 Å². The predicted molar refractivity (Wildman–Crippen MR) is 40.5 cm³/mol. The van der Waals surface area contributed by atoms with E-state index in [0.717, 1.165) is 12.1 Å². The van der Waals surface area contributed by atoms with Crippen molar-refractivity contribution in [2.75, 3.05) is 7.11 Å². The Morgan fingerprint density at radius 3 is 2.83 bits per heavy atom. The molecule has 1 heterocycles. The van der Waals surface area contributed by atoms with Crippen molar-refractivity contribution in [1.82, 2.24) is 4.98 Å². The van der Waals surface area contributed by atoms with E-state index in [1.807, 2.05) is 0 Å². The molecule has 0 bridgehead atoms. The normalized spacial score (nSPS) is 9.58. The summed E-state index contributed by atoms with van der Waals surface area (Å²) in [7, 11) is 1.18. The third-order valence-electron chi connectivity index (χ3n) is 1.15. The maximum atomic E-state index is 12.6. The minimum absolute atomic E-state index is 0.0737. The Morgan fingerprint density at radius 2 is 2.33 bits per heavy atom. The first kappa shape index (κ1) is 8.93. The number of pyridine rings is 1. The molecule has 0 N–H and O–H groups in total. The van der Waals surface area contributed by atoms with Crippen LogP contribution in [0.15, 0.2) is 12.1 Å². The van der Waals surface area contributed by atoms with Gasteiger partial charge < -0.3 is 4.74 Å². The first-order valence-electron chi connectivity index (χ1n) is 3.05. The van der Waals surface area contributed by atoms with Crippen LogP contribution in [0.3, 0.4) is 0 Å². The van der Waals surface area contributed by atoms with Gasteiger partial charge in [-0.15, -0.1) is 0 Å². The van der Waals surface area contributed by atoms with Crippen LogP contribution in [0.5, 0.6) is 0 Å². The van der Waals surface area contributed by atoms with Gasteiger partial charge in [-0.2, -0.15) is 0 Å². The Balaban J connectivity index is 3.08. The SMILES string of the molecule is COC(=O)c1cc(F)cc(Cl)n1. The van der Waals surface area contributed by atoms with Crippen molar-refractivity contribution in [3.05, 3.63) is 28.8 Å². The van der Waals surface area contributed by atoms with Crippen LogP contribution in [0.2, 0.25) is 5.15 Å². The third-order valence-corrected chi connectivity index (χ3v) is 1.35. The van der Waals surface area contributed by atoms with Gasteiger partial charge in [0.05, 0.1) is 7.11 Å². The first-order valence-corrected chi connectivity index (χ1v) is 3.42. The van der Waals surface area contributed by atoms with Gasteiger partial charge in [-0.25, -0.2) is 14.2 Å². The molecule has 0 aliphatic carbocycles. The topological polar surface area (TPSA) is 39.2 Å². The lowest BCUT2D eigenvalue weighted by Gasteiger charge is -1.98. The minimum atomic E-state index is -0.712. The molecule has 12 heavy (non-hydrogen) atoms. The van der Waals surface area contributed by atoms with Crippen LogP contribution >= 0.6 is 11.6 Å². The van der Waals surface area contributed by atoms with Crippen molar-refractivity contribution in [3.8, 4) is 0 Å². The van der Waals surface area contributed by atoms with Crippen molar-refractivity contribution in [2.24, 2.45) is 0 Å². The smallest absolute Gasteiger partial charge is 0.356 e. The van der Waals surface area contributed by atoms with Gasteiger partial charge in [-0.05, 0) is 0 Å². The lowest BCUT2D eigenvalue weighted by Crippen LogP contribution is -2.04. The van der Waals surface area contributed by atoms with Crippen molar-refractivity contribution in [3.63, 3.8) is 0 Å². The second-order valence-corrected chi connectivity index (χ2v) is 2.37. The van der Waals surface area contributed by atoms with E-state index in [1.54, 1.807) is 0 Å².